The van der Waals surface area contributed by atoms with Gasteiger partial charge in [0.05, 0.1) is 13.2 Å². The highest BCUT2D eigenvalue weighted by molar-refractivity contribution is 5.95. The fourth-order valence-corrected chi connectivity index (χ4v) is 3.25. The van der Waals surface area contributed by atoms with Crippen LogP contribution in [0, 0.1) is 11.8 Å². The van der Waals surface area contributed by atoms with Crippen molar-refractivity contribution in [3.05, 3.63) is 23.8 Å². The van der Waals surface area contributed by atoms with Gasteiger partial charge in [-0.15, -0.1) is 0 Å². The van der Waals surface area contributed by atoms with Gasteiger partial charge in [-0.05, 0) is 49.8 Å². The second-order valence-corrected chi connectivity index (χ2v) is 6.60. The molecule has 1 fully saturated rings. The number of nitrogens with zero attached hydrogens (tertiary/aromatic N) is 1. The third-order valence-electron chi connectivity index (χ3n) is 4.11. The highest BCUT2D eigenvalue weighted by Crippen LogP contribution is 2.30. The summed E-state index contributed by atoms with van der Waals surface area (Å²) in [6.45, 7) is 11.3. The number of carbonyl (C=O) groups excluding carboxylic acids is 1. The Morgan fingerprint density at radius 1 is 1.13 bits per heavy atom. The number of ether oxygens (including phenoxy) is 2. The van der Waals surface area contributed by atoms with Crippen LogP contribution in [0.2, 0.25) is 0 Å². The quantitative estimate of drug-likeness (QED) is 0.796. The summed E-state index contributed by atoms with van der Waals surface area (Å²) in [6, 6.07) is 5.52. The summed E-state index contributed by atoms with van der Waals surface area (Å²) >= 11 is 0. The van der Waals surface area contributed by atoms with Gasteiger partial charge < -0.3 is 14.4 Å². The molecular formula is C19H29NO3. The SMILES string of the molecule is CCCOc1ccc(C(=O)N2CC(C)CC(C)C2)cc1OCC. The number of hydrogen-bond acceptors (Lipinski definition) is 3. The molecule has 0 N–H and O–H groups in total. The first-order valence-electron chi connectivity index (χ1n) is 8.74. The molecule has 1 amide bonds. The van der Waals surface area contributed by atoms with Crippen LogP contribution in [-0.2, 0) is 0 Å². The Morgan fingerprint density at radius 3 is 2.43 bits per heavy atom. The van der Waals surface area contributed by atoms with Crippen LogP contribution in [0.3, 0.4) is 0 Å². The van der Waals surface area contributed by atoms with Gasteiger partial charge in [0.15, 0.2) is 11.5 Å². The van der Waals surface area contributed by atoms with E-state index in [0.29, 0.717) is 42.1 Å². The minimum atomic E-state index is 0.0893. The van der Waals surface area contributed by atoms with Crippen molar-refractivity contribution in [3.63, 3.8) is 0 Å². The maximum absolute atomic E-state index is 12.8. The molecule has 1 aromatic carbocycles. The standard InChI is InChI=1S/C19H29NO3/c1-5-9-23-17-8-7-16(11-18(17)22-6-2)19(21)20-12-14(3)10-15(4)13-20/h7-8,11,14-15H,5-6,9-10,12-13H2,1-4H3. The summed E-state index contributed by atoms with van der Waals surface area (Å²) < 4.78 is 11.4. The minimum absolute atomic E-state index is 0.0893. The molecule has 0 aromatic heterocycles. The smallest absolute Gasteiger partial charge is 0.254 e. The van der Waals surface area contributed by atoms with E-state index in [2.05, 4.69) is 20.8 Å². The predicted octanol–water partition coefficient (Wildman–Crippen LogP) is 3.99. The Morgan fingerprint density at radius 2 is 1.83 bits per heavy atom. The van der Waals surface area contributed by atoms with Crippen LogP contribution in [0.4, 0.5) is 0 Å². The molecule has 1 aliphatic rings. The molecular weight excluding hydrogens is 290 g/mol. The largest absolute Gasteiger partial charge is 0.490 e. The number of benzene rings is 1. The lowest BCUT2D eigenvalue weighted by atomic mass is 9.91. The van der Waals surface area contributed by atoms with E-state index in [9.17, 15) is 4.79 Å². The van der Waals surface area contributed by atoms with Crippen LogP contribution in [-0.4, -0.2) is 37.1 Å². The highest BCUT2D eigenvalue weighted by atomic mass is 16.5. The molecule has 0 saturated carbocycles. The molecule has 1 heterocycles. The molecule has 2 rings (SSSR count). The molecule has 4 nitrogen and oxygen atoms in total. The van der Waals surface area contributed by atoms with E-state index in [4.69, 9.17) is 9.47 Å². The Balaban J connectivity index is 2.17. The number of likely N-dealkylation sites (tertiary alicyclic amines) is 1. The van der Waals surface area contributed by atoms with E-state index in [1.807, 2.05) is 30.0 Å². The zero-order valence-electron chi connectivity index (χ0n) is 14.8. The highest BCUT2D eigenvalue weighted by Gasteiger charge is 2.26. The zero-order valence-corrected chi connectivity index (χ0v) is 14.8. The molecule has 2 atom stereocenters. The molecule has 1 aliphatic heterocycles. The molecule has 1 aromatic rings. The average Bonchev–Trinajstić information content (AvgIpc) is 2.52. The minimum Gasteiger partial charge on any atom is -0.490 e. The first kappa shape index (κ1) is 17.6. The summed E-state index contributed by atoms with van der Waals surface area (Å²) in [5.74, 6) is 2.57. The van der Waals surface area contributed by atoms with Crippen molar-refractivity contribution in [2.45, 2.75) is 40.5 Å². The molecule has 0 aliphatic carbocycles. The summed E-state index contributed by atoms with van der Waals surface area (Å²) in [4.78, 5) is 14.8. The van der Waals surface area contributed by atoms with Crippen LogP contribution in [0.5, 0.6) is 11.5 Å². The van der Waals surface area contributed by atoms with Crippen molar-refractivity contribution >= 4 is 5.91 Å². The normalized spacial score (nSPS) is 21.1. The van der Waals surface area contributed by atoms with E-state index in [1.54, 1.807) is 0 Å². The summed E-state index contributed by atoms with van der Waals surface area (Å²) in [6.07, 6.45) is 2.13. The number of rotatable bonds is 6. The van der Waals surface area contributed by atoms with Gasteiger partial charge in [-0.1, -0.05) is 20.8 Å². The van der Waals surface area contributed by atoms with Gasteiger partial charge in [-0.2, -0.15) is 0 Å². The Labute approximate surface area is 139 Å². The first-order chi connectivity index (χ1) is 11.0. The number of hydrogen-bond donors (Lipinski definition) is 0. The van der Waals surface area contributed by atoms with Crippen LogP contribution in [0.15, 0.2) is 18.2 Å². The number of amides is 1. The van der Waals surface area contributed by atoms with Crippen LogP contribution in [0.1, 0.15) is 50.9 Å². The molecule has 4 heteroatoms. The zero-order chi connectivity index (χ0) is 16.8. The third-order valence-corrected chi connectivity index (χ3v) is 4.11. The van der Waals surface area contributed by atoms with Crippen molar-refractivity contribution in [1.29, 1.82) is 0 Å². The molecule has 0 spiro atoms. The molecule has 1 saturated heterocycles. The second kappa shape index (κ2) is 8.23. The molecule has 128 valence electrons. The van der Waals surface area contributed by atoms with Gasteiger partial charge in [0.2, 0.25) is 0 Å². The summed E-state index contributed by atoms with van der Waals surface area (Å²) in [5, 5.41) is 0. The van der Waals surface area contributed by atoms with Crippen molar-refractivity contribution in [2.24, 2.45) is 11.8 Å². The predicted molar refractivity (Wildman–Crippen MR) is 92.2 cm³/mol. The monoisotopic (exact) mass is 319 g/mol. The lowest BCUT2D eigenvalue weighted by molar-refractivity contribution is 0.0622. The molecule has 23 heavy (non-hydrogen) atoms. The van der Waals surface area contributed by atoms with Gasteiger partial charge in [0.25, 0.3) is 5.91 Å². The van der Waals surface area contributed by atoms with E-state index in [-0.39, 0.29) is 5.91 Å². The fourth-order valence-electron chi connectivity index (χ4n) is 3.25. The molecule has 0 radical (unpaired) electrons. The van der Waals surface area contributed by atoms with Crippen LogP contribution in [0.25, 0.3) is 0 Å². The van der Waals surface area contributed by atoms with E-state index in [0.717, 1.165) is 19.5 Å². The van der Waals surface area contributed by atoms with Crippen molar-refractivity contribution in [1.82, 2.24) is 4.90 Å². The Bertz CT molecular complexity index is 519. The molecule has 0 bridgehead atoms. The fraction of sp³-hybridized carbons (Fsp3) is 0.632. The van der Waals surface area contributed by atoms with Gasteiger partial charge in [-0.3, -0.25) is 4.79 Å². The third kappa shape index (κ3) is 4.63. The van der Waals surface area contributed by atoms with Crippen LogP contribution < -0.4 is 9.47 Å². The van der Waals surface area contributed by atoms with E-state index in [1.165, 1.54) is 6.42 Å². The maximum Gasteiger partial charge on any atom is 0.254 e. The summed E-state index contributed by atoms with van der Waals surface area (Å²) in [7, 11) is 0. The maximum atomic E-state index is 12.8. The van der Waals surface area contributed by atoms with Crippen molar-refractivity contribution < 1.29 is 14.3 Å². The van der Waals surface area contributed by atoms with Gasteiger partial charge in [0.1, 0.15) is 0 Å². The Hall–Kier alpha value is -1.71. The second-order valence-electron chi connectivity index (χ2n) is 6.60. The average molecular weight is 319 g/mol. The van der Waals surface area contributed by atoms with Gasteiger partial charge in [0, 0.05) is 18.7 Å². The first-order valence-corrected chi connectivity index (χ1v) is 8.74. The van der Waals surface area contributed by atoms with E-state index < -0.39 is 0 Å². The summed E-state index contributed by atoms with van der Waals surface area (Å²) in [5.41, 5.74) is 0.679. The number of piperidine rings is 1. The van der Waals surface area contributed by atoms with Gasteiger partial charge >= 0.3 is 0 Å². The lowest BCUT2D eigenvalue weighted by Gasteiger charge is -2.35. The molecule has 2 unspecified atom stereocenters. The lowest BCUT2D eigenvalue weighted by Crippen LogP contribution is -2.42. The van der Waals surface area contributed by atoms with E-state index >= 15 is 0 Å². The Kier molecular flexibility index (Phi) is 6.31. The van der Waals surface area contributed by atoms with Crippen LogP contribution >= 0.6 is 0 Å². The van der Waals surface area contributed by atoms with Gasteiger partial charge in [-0.25, -0.2) is 0 Å². The van der Waals surface area contributed by atoms with Crippen molar-refractivity contribution in [2.75, 3.05) is 26.3 Å². The number of carbonyl (C=O) groups is 1. The topological polar surface area (TPSA) is 38.8 Å². The van der Waals surface area contributed by atoms with Crippen molar-refractivity contribution in [3.8, 4) is 11.5 Å².